The number of nitrogens with one attached hydrogen (secondary N) is 2. The summed E-state index contributed by atoms with van der Waals surface area (Å²) in [4.78, 5) is 31.5. The maximum Gasteiger partial charge on any atom is 0.251 e. The molecule has 184 valence electrons. The molecule has 3 N–H and O–H groups in total. The monoisotopic (exact) mass is 476 g/mol. The summed E-state index contributed by atoms with van der Waals surface area (Å²) in [6.07, 6.45) is 0.914. The Hall–Kier alpha value is -3.49. The van der Waals surface area contributed by atoms with E-state index in [1.807, 2.05) is 37.3 Å². The number of nitrogens with zero attached hydrogens (tertiary/aromatic N) is 2. The molecule has 0 spiro atoms. The number of benzene rings is 2. The number of hydrogen-bond acceptors (Lipinski definition) is 6. The van der Waals surface area contributed by atoms with Crippen molar-refractivity contribution in [2.45, 2.75) is 39.3 Å². The van der Waals surface area contributed by atoms with Gasteiger partial charge >= 0.3 is 0 Å². The third-order valence-corrected chi connectivity index (χ3v) is 6.59. The van der Waals surface area contributed by atoms with Crippen molar-refractivity contribution in [3.63, 3.8) is 0 Å². The minimum atomic E-state index is -0.439. The third kappa shape index (κ3) is 6.15. The van der Waals surface area contributed by atoms with Gasteiger partial charge in [0, 0.05) is 53.7 Å². The Morgan fingerprint density at radius 2 is 1.94 bits per heavy atom. The van der Waals surface area contributed by atoms with Gasteiger partial charge in [-0.3, -0.25) is 19.8 Å². The van der Waals surface area contributed by atoms with Crippen LogP contribution in [-0.4, -0.2) is 52.6 Å². The highest BCUT2D eigenvalue weighted by Crippen LogP contribution is 2.23. The normalized spacial score (nSPS) is 18.3. The highest BCUT2D eigenvalue weighted by Gasteiger charge is 2.31. The molecule has 1 fully saturated rings. The van der Waals surface area contributed by atoms with Crippen molar-refractivity contribution in [1.82, 2.24) is 20.7 Å². The molecule has 0 radical (unpaired) electrons. The fraction of sp³-hybridized carbons (Fsp3) is 0.370. The van der Waals surface area contributed by atoms with Crippen molar-refractivity contribution in [2.24, 2.45) is 5.92 Å². The van der Waals surface area contributed by atoms with Gasteiger partial charge in [0.2, 0.25) is 5.91 Å². The molecule has 0 saturated carbocycles. The second-order valence-corrected chi connectivity index (χ2v) is 9.01. The zero-order valence-electron chi connectivity index (χ0n) is 20.2. The van der Waals surface area contributed by atoms with E-state index in [1.54, 1.807) is 29.7 Å². The molecule has 2 atom stereocenters. The van der Waals surface area contributed by atoms with Crippen molar-refractivity contribution in [3.8, 4) is 5.75 Å². The van der Waals surface area contributed by atoms with Gasteiger partial charge < -0.3 is 15.0 Å². The lowest BCUT2D eigenvalue weighted by Gasteiger charge is -2.38. The van der Waals surface area contributed by atoms with Crippen LogP contribution in [0.4, 0.5) is 0 Å². The summed E-state index contributed by atoms with van der Waals surface area (Å²) in [5.74, 6) is -0.0163. The number of fused-ring (bicyclic) bond motifs is 1. The number of hydrogen-bond donors (Lipinski definition) is 3. The van der Waals surface area contributed by atoms with Crippen LogP contribution >= 0.6 is 0 Å². The summed E-state index contributed by atoms with van der Waals surface area (Å²) in [6, 6.07) is 17.0. The second-order valence-electron chi connectivity index (χ2n) is 9.01. The predicted molar refractivity (Wildman–Crippen MR) is 133 cm³/mol. The summed E-state index contributed by atoms with van der Waals surface area (Å²) in [7, 11) is 0. The van der Waals surface area contributed by atoms with Gasteiger partial charge in [0.25, 0.3) is 5.91 Å². The first kappa shape index (κ1) is 24.6. The van der Waals surface area contributed by atoms with Crippen LogP contribution in [0, 0.1) is 12.8 Å². The maximum absolute atomic E-state index is 12.9. The number of ether oxygens (including phenoxy) is 1. The van der Waals surface area contributed by atoms with E-state index < -0.39 is 5.91 Å². The van der Waals surface area contributed by atoms with Crippen LogP contribution < -0.4 is 15.5 Å². The molecule has 0 aliphatic carbocycles. The summed E-state index contributed by atoms with van der Waals surface area (Å²) in [5.41, 5.74) is 5.18. The van der Waals surface area contributed by atoms with Crippen molar-refractivity contribution >= 4 is 22.7 Å². The molecule has 2 amide bonds. The van der Waals surface area contributed by atoms with E-state index in [0.29, 0.717) is 24.5 Å². The number of piperidine rings is 1. The number of likely N-dealkylation sites (tertiary alicyclic amines) is 1. The zero-order valence-corrected chi connectivity index (χ0v) is 20.2. The molecule has 1 aromatic heterocycles. The van der Waals surface area contributed by atoms with E-state index in [1.165, 1.54) is 0 Å². The van der Waals surface area contributed by atoms with Crippen molar-refractivity contribution < 1.29 is 19.5 Å². The van der Waals surface area contributed by atoms with E-state index in [0.717, 1.165) is 41.7 Å². The highest BCUT2D eigenvalue weighted by molar-refractivity contribution is 5.94. The van der Waals surface area contributed by atoms with E-state index in [9.17, 15) is 9.59 Å². The predicted octanol–water partition coefficient (Wildman–Crippen LogP) is 3.46. The molecule has 1 saturated heterocycles. The number of para-hydroxylation sites is 1. The molecule has 35 heavy (non-hydrogen) atoms. The minimum absolute atomic E-state index is 0.0685. The Kier molecular flexibility index (Phi) is 7.94. The van der Waals surface area contributed by atoms with Gasteiger partial charge in [-0.15, -0.1) is 0 Å². The average Bonchev–Trinajstić information content (AvgIpc) is 2.88. The molecular weight excluding hydrogens is 444 g/mol. The van der Waals surface area contributed by atoms with Gasteiger partial charge in [-0.05, 0) is 56.3 Å². The number of aryl methyl sites for hydroxylation is 1. The lowest BCUT2D eigenvalue weighted by Crippen LogP contribution is -2.52. The largest absolute Gasteiger partial charge is 0.489 e. The second kappa shape index (κ2) is 11.3. The quantitative estimate of drug-likeness (QED) is 0.340. The number of carbonyl (C=O) groups excluding carboxylic acids is 2. The van der Waals surface area contributed by atoms with Crippen LogP contribution in [0.2, 0.25) is 0 Å². The van der Waals surface area contributed by atoms with Crippen LogP contribution in [0.3, 0.4) is 0 Å². The van der Waals surface area contributed by atoms with Gasteiger partial charge in [0.1, 0.15) is 12.4 Å². The number of rotatable bonds is 8. The summed E-state index contributed by atoms with van der Waals surface area (Å²) >= 11 is 0. The standard InChI is InChI=1S/C27H32N4O4/c1-3-31-13-12-24(20(16-31)15-26(32)30-34)29-27(33)19-8-10-22(11-9-19)35-17-21-14-18(2)28-25-7-5-4-6-23(21)25/h4-11,14,20,24,34H,3,12-13,15-17H2,1-2H3,(H,29,33)(H,30,32)/t20-,24+/m0/s1. The first-order chi connectivity index (χ1) is 17.0. The van der Waals surface area contributed by atoms with Gasteiger partial charge in [-0.1, -0.05) is 25.1 Å². The Bertz CT molecular complexity index is 1180. The Morgan fingerprint density at radius 3 is 2.69 bits per heavy atom. The SMILES string of the molecule is CCN1CC[C@@H](NC(=O)c2ccc(OCc3cc(C)nc4ccccc34)cc2)[C@@H](CC(=O)NO)C1. The van der Waals surface area contributed by atoms with Crippen LogP contribution in [0.1, 0.15) is 41.4 Å². The number of aromatic nitrogens is 1. The third-order valence-electron chi connectivity index (χ3n) is 6.59. The number of hydroxylamine groups is 1. The van der Waals surface area contributed by atoms with Crippen molar-refractivity contribution in [2.75, 3.05) is 19.6 Å². The Labute approximate surface area is 205 Å². The number of amides is 2. The molecule has 1 aliphatic heterocycles. The molecule has 3 aromatic rings. The Morgan fingerprint density at radius 1 is 1.17 bits per heavy atom. The number of carbonyl (C=O) groups is 2. The van der Waals surface area contributed by atoms with Crippen LogP contribution in [0.5, 0.6) is 5.75 Å². The molecule has 2 aromatic carbocycles. The summed E-state index contributed by atoms with van der Waals surface area (Å²) < 4.78 is 6.00. The first-order valence-electron chi connectivity index (χ1n) is 12.0. The molecule has 0 unspecified atom stereocenters. The van der Waals surface area contributed by atoms with E-state index in [2.05, 4.69) is 22.1 Å². The van der Waals surface area contributed by atoms with Gasteiger partial charge in [0.05, 0.1) is 5.52 Å². The molecule has 8 heteroatoms. The smallest absolute Gasteiger partial charge is 0.251 e. The molecule has 0 bridgehead atoms. The summed E-state index contributed by atoms with van der Waals surface area (Å²) in [6.45, 7) is 6.88. The van der Waals surface area contributed by atoms with Crippen LogP contribution in [-0.2, 0) is 11.4 Å². The average molecular weight is 477 g/mol. The maximum atomic E-state index is 12.9. The van der Waals surface area contributed by atoms with E-state index in [-0.39, 0.29) is 24.3 Å². The number of pyridine rings is 1. The molecule has 1 aliphatic rings. The lowest BCUT2D eigenvalue weighted by molar-refractivity contribution is -0.130. The topological polar surface area (TPSA) is 104 Å². The van der Waals surface area contributed by atoms with Gasteiger partial charge in [-0.2, -0.15) is 0 Å². The molecule has 8 nitrogen and oxygen atoms in total. The molecule has 4 rings (SSSR count). The fourth-order valence-corrected chi connectivity index (χ4v) is 4.70. The van der Waals surface area contributed by atoms with Crippen LogP contribution in [0.25, 0.3) is 10.9 Å². The van der Waals surface area contributed by atoms with Crippen molar-refractivity contribution in [3.05, 3.63) is 71.4 Å². The van der Waals surface area contributed by atoms with E-state index in [4.69, 9.17) is 9.94 Å². The fourth-order valence-electron chi connectivity index (χ4n) is 4.70. The van der Waals surface area contributed by atoms with Gasteiger partial charge in [0.15, 0.2) is 0 Å². The van der Waals surface area contributed by atoms with E-state index >= 15 is 0 Å². The van der Waals surface area contributed by atoms with Crippen LogP contribution in [0.15, 0.2) is 54.6 Å². The zero-order chi connectivity index (χ0) is 24.8. The molecular formula is C27H32N4O4. The minimum Gasteiger partial charge on any atom is -0.489 e. The summed E-state index contributed by atoms with van der Waals surface area (Å²) in [5, 5.41) is 13.1. The van der Waals surface area contributed by atoms with Gasteiger partial charge in [-0.25, -0.2) is 5.48 Å². The lowest BCUT2D eigenvalue weighted by atomic mass is 9.88. The first-order valence-corrected chi connectivity index (χ1v) is 12.0. The highest BCUT2D eigenvalue weighted by atomic mass is 16.5. The molecule has 2 heterocycles. The Balaban J connectivity index is 1.38. The van der Waals surface area contributed by atoms with Crippen molar-refractivity contribution in [1.29, 1.82) is 0 Å².